The summed E-state index contributed by atoms with van der Waals surface area (Å²) in [4.78, 5) is 12.2. The summed E-state index contributed by atoms with van der Waals surface area (Å²) >= 11 is 0. The largest absolute Gasteiger partial charge is 0.506 e. The second-order valence-electron chi connectivity index (χ2n) is 10.7. The van der Waals surface area contributed by atoms with E-state index in [1.807, 2.05) is 60.8 Å². The molecule has 3 heterocycles. The van der Waals surface area contributed by atoms with Crippen LogP contribution in [-0.2, 0) is 12.8 Å². The van der Waals surface area contributed by atoms with Crippen LogP contribution < -0.4 is 4.90 Å². The van der Waals surface area contributed by atoms with Gasteiger partial charge in [-0.3, -0.25) is 9.47 Å². The van der Waals surface area contributed by atoms with Crippen molar-refractivity contribution in [3.05, 3.63) is 139 Å². The zero-order valence-corrected chi connectivity index (χ0v) is 24.3. The molecule has 210 valence electrons. The van der Waals surface area contributed by atoms with E-state index < -0.39 is 0 Å². The lowest BCUT2D eigenvalue weighted by molar-refractivity contribution is 0.473. The molecule has 43 heavy (non-hydrogen) atoms. The molecule has 5 nitrogen and oxygen atoms in total. The van der Waals surface area contributed by atoms with Crippen molar-refractivity contribution in [2.75, 3.05) is 4.90 Å². The predicted octanol–water partition coefficient (Wildman–Crippen LogP) is 9.54. The molecule has 4 aromatic carbocycles. The Balaban J connectivity index is 1.47. The molecule has 0 fully saturated rings. The maximum Gasteiger partial charge on any atom is 0.146 e. The van der Waals surface area contributed by atoms with E-state index >= 15 is 0 Å². The van der Waals surface area contributed by atoms with Gasteiger partial charge in [-0.05, 0) is 90.7 Å². The highest BCUT2D eigenvalue weighted by molar-refractivity contribution is 6.09. The van der Waals surface area contributed by atoms with Crippen LogP contribution in [-0.4, -0.2) is 19.6 Å². The van der Waals surface area contributed by atoms with Crippen LogP contribution in [0.4, 0.5) is 17.2 Å². The van der Waals surface area contributed by atoms with Gasteiger partial charge in [-0.1, -0.05) is 68.4 Å². The third-order valence-electron chi connectivity index (χ3n) is 8.07. The average molecular weight is 561 g/mol. The van der Waals surface area contributed by atoms with Crippen LogP contribution in [0.3, 0.4) is 0 Å². The van der Waals surface area contributed by atoms with Gasteiger partial charge in [-0.2, -0.15) is 0 Å². The van der Waals surface area contributed by atoms with Crippen molar-refractivity contribution in [2.24, 2.45) is 0 Å². The first-order valence-electron chi connectivity index (χ1n) is 14.8. The number of pyridine rings is 2. The number of anilines is 3. The summed E-state index contributed by atoms with van der Waals surface area (Å²) in [5, 5.41) is 13.2. The summed E-state index contributed by atoms with van der Waals surface area (Å²) in [5.74, 6) is 1.07. The fourth-order valence-electron chi connectivity index (χ4n) is 5.93. The maximum absolute atomic E-state index is 10.9. The molecule has 0 bridgehead atoms. The Hall–Kier alpha value is -5.42. The Bertz CT molecular complexity index is 2030. The molecule has 3 aromatic heterocycles. The number of phenolic OH excluding ortho intramolecular Hbond substituents is 1. The molecule has 5 heteroatoms. The van der Waals surface area contributed by atoms with Gasteiger partial charge in [0, 0.05) is 33.9 Å². The van der Waals surface area contributed by atoms with Crippen molar-refractivity contribution < 1.29 is 5.11 Å². The van der Waals surface area contributed by atoms with E-state index in [-0.39, 0.29) is 5.75 Å². The number of aromatic nitrogens is 3. The zero-order valence-electron chi connectivity index (χ0n) is 24.3. The van der Waals surface area contributed by atoms with Crippen LogP contribution in [0.25, 0.3) is 38.9 Å². The van der Waals surface area contributed by atoms with E-state index in [0.717, 1.165) is 63.2 Å². The summed E-state index contributed by atoms with van der Waals surface area (Å²) in [6.45, 7) is 4.36. The number of fused-ring (bicyclic) bond motifs is 3. The maximum atomic E-state index is 10.9. The van der Waals surface area contributed by atoms with Crippen LogP contribution in [0.15, 0.2) is 128 Å². The molecule has 0 radical (unpaired) electrons. The van der Waals surface area contributed by atoms with Crippen molar-refractivity contribution in [3.63, 3.8) is 0 Å². The molecule has 0 atom stereocenters. The highest BCUT2D eigenvalue weighted by atomic mass is 16.3. The lowest BCUT2D eigenvalue weighted by atomic mass is 10.0. The fraction of sp³-hybridized carbons (Fsp3) is 0.105. The predicted molar refractivity (Wildman–Crippen MR) is 177 cm³/mol. The van der Waals surface area contributed by atoms with Gasteiger partial charge in [0.15, 0.2) is 0 Å². The number of para-hydroxylation sites is 3. The second kappa shape index (κ2) is 11.1. The van der Waals surface area contributed by atoms with Gasteiger partial charge in [0.2, 0.25) is 0 Å². The lowest BCUT2D eigenvalue weighted by Gasteiger charge is -2.24. The number of aryl methyl sites for hydroxylation is 2. The van der Waals surface area contributed by atoms with Crippen molar-refractivity contribution in [2.45, 2.75) is 26.7 Å². The van der Waals surface area contributed by atoms with Crippen LogP contribution in [0.1, 0.15) is 25.0 Å². The van der Waals surface area contributed by atoms with E-state index in [0.29, 0.717) is 5.69 Å². The molecule has 0 aliphatic carbocycles. The monoisotopic (exact) mass is 560 g/mol. The van der Waals surface area contributed by atoms with Crippen LogP contribution in [0.2, 0.25) is 0 Å². The minimum absolute atomic E-state index is 0.222. The number of rotatable bonds is 7. The number of hydrogen-bond donors (Lipinski definition) is 1. The Kier molecular flexibility index (Phi) is 6.84. The Morgan fingerprint density at radius 2 is 1.49 bits per heavy atom. The first-order chi connectivity index (χ1) is 21.2. The van der Waals surface area contributed by atoms with E-state index in [1.54, 1.807) is 6.07 Å². The number of benzene rings is 4. The van der Waals surface area contributed by atoms with Gasteiger partial charge in [-0.15, -0.1) is 0 Å². The van der Waals surface area contributed by atoms with Gasteiger partial charge < -0.3 is 5.11 Å². The Morgan fingerprint density at radius 3 is 2.26 bits per heavy atom. The van der Waals surface area contributed by atoms with Gasteiger partial charge >= 0.3 is 0 Å². The van der Waals surface area contributed by atoms with E-state index in [1.165, 1.54) is 11.1 Å². The van der Waals surface area contributed by atoms with E-state index in [4.69, 9.17) is 4.98 Å². The molecular formula is C38H32N4O. The van der Waals surface area contributed by atoms with Crippen molar-refractivity contribution in [1.29, 1.82) is 0 Å². The molecule has 0 saturated heterocycles. The fourth-order valence-corrected chi connectivity index (χ4v) is 5.93. The number of nitrogens with zero attached hydrogens (tertiary/aromatic N) is 4. The van der Waals surface area contributed by atoms with E-state index in [2.05, 4.69) is 89.0 Å². The van der Waals surface area contributed by atoms with Gasteiger partial charge in [0.05, 0.1) is 16.9 Å². The van der Waals surface area contributed by atoms with Crippen LogP contribution in [0, 0.1) is 0 Å². The molecule has 0 aliphatic heterocycles. The lowest BCUT2D eigenvalue weighted by Crippen LogP contribution is -2.11. The first kappa shape index (κ1) is 26.5. The third-order valence-corrected chi connectivity index (χ3v) is 8.07. The molecule has 1 N–H and O–H groups in total. The summed E-state index contributed by atoms with van der Waals surface area (Å²) in [6.07, 6.45) is 3.61. The van der Waals surface area contributed by atoms with Crippen LogP contribution in [0.5, 0.6) is 5.75 Å². The Morgan fingerprint density at radius 1 is 0.698 bits per heavy atom. The Labute approximate surface area is 251 Å². The van der Waals surface area contributed by atoms with Crippen molar-refractivity contribution in [3.8, 4) is 22.7 Å². The standard InChI is InChI=1S/C38H32N4O/c1-3-26-20-21-33-31(23-26)32-25-27(4-2)37(40-38(32)42(33)34-17-8-9-18-35(34)43)28-13-12-16-30(24-28)41(29-14-6-5-7-15-29)36-19-10-11-22-39-36/h5-25,43H,3-4H2,1-2H3. The molecule has 7 rings (SSSR count). The minimum Gasteiger partial charge on any atom is -0.506 e. The molecule has 0 amide bonds. The van der Waals surface area contributed by atoms with Crippen LogP contribution >= 0.6 is 0 Å². The minimum atomic E-state index is 0.222. The van der Waals surface area contributed by atoms with Crippen molar-refractivity contribution >= 4 is 39.1 Å². The topological polar surface area (TPSA) is 54.2 Å². The quantitative estimate of drug-likeness (QED) is 0.211. The second-order valence-corrected chi connectivity index (χ2v) is 10.7. The molecule has 0 spiro atoms. The SMILES string of the molecule is CCc1ccc2c(c1)c1cc(CC)c(-c3cccc(N(c4ccccc4)c4ccccn4)c3)nc1n2-c1ccccc1O. The summed E-state index contributed by atoms with van der Waals surface area (Å²) in [5.41, 5.74) is 9.00. The smallest absolute Gasteiger partial charge is 0.146 e. The molecule has 0 aliphatic rings. The van der Waals surface area contributed by atoms with Crippen molar-refractivity contribution in [1.82, 2.24) is 14.5 Å². The number of phenols is 1. The summed E-state index contributed by atoms with van der Waals surface area (Å²) < 4.78 is 2.09. The highest BCUT2D eigenvalue weighted by Crippen LogP contribution is 2.39. The molecule has 0 unspecified atom stereocenters. The zero-order chi connectivity index (χ0) is 29.3. The normalized spacial score (nSPS) is 11.3. The van der Waals surface area contributed by atoms with Gasteiger partial charge in [-0.25, -0.2) is 9.97 Å². The summed E-state index contributed by atoms with van der Waals surface area (Å²) in [7, 11) is 0. The number of hydrogen-bond acceptors (Lipinski definition) is 4. The molecule has 0 saturated carbocycles. The average Bonchev–Trinajstić information content (AvgIpc) is 3.38. The molecular weight excluding hydrogens is 528 g/mol. The summed E-state index contributed by atoms with van der Waals surface area (Å²) in [6, 6.07) is 41.1. The third kappa shape index (κ3) is 4.69. The molecule has 7 aromatic rings. The first-order valence-corrected chi connectivity index (χ1v) is 14.8. The highest BCUT2D eigenvalue weighted by Gasteiger charge is 2.20. The van der Waals surface area contributed by atoms with Gasteiger partial charge in [0.1, 0.15) is 17.2 Å². The number of aromatic hydroxyl groups is 1. The van der Waals surface area contributed by atoms with E-state index in [9.17, 15) is 5.11 Å². The van der Waals surface area contributed by atoms with Gasteiger partial charge in [0.25, 0.3) is 0 Å².